The van der Waals surface area contributed by atoms with Gasteiger partial charge in [-0.25, -0.2) is 4.98 Å². The van der Waals surface area contributed by atoms with E-state index >= 15 is 0 Å². The van der Waals surface area contributed by atoms with Gasteiger partial charge in [-0.15, -0.1) is 0 Å². The van der Waals surface area contributed by atoms with Gasteiger partial charge in [0.15, 0.2) is 0 Å². The number of hydrogen-bond acceptors (Lipinski definition) is 5. The number of nitrogens with one attached hydrogen (secondary N) is 1. The number of thioether (sulfide) groups is 1. The summed E-state index contributed by atoms with van der Waals surface area (Å²) in [7, 11) is 0. The van der Waals surface area contributed by atoms with E-state index in [9.17, 15) is 9.59 Å². The van der Waals surface area contributed by atoms with Crippen molar-refractivity contribution in [1.82, 2.24) is 9.88 Å². The van der Waals surface area contributed by atoms with Gasteiger partial charge in [-0.2, -0.15) is 0 Å². The Morgan fingerprint density at radius 1 is 1.18 bits per heavy atom. The molecule has 3 rings (SSSR count). The largest absolute Gasteiger partial charge is 0.311 e. The molecular formula is C21H19N3O2S2. The predicted octanol–water partition coefficient (Wildman–Crippen LogP) is 4.26. The second-order valence-corrected chi connectivity index (χ2v) is 7.67. The summed E-state index contributed by atoms with van der Waals surface area (Å²) in [5, 5.41) is 2.73. The van der Waals surface area contributed by atoms with Crippen LogP contribution in [0.25, 0.3) is 6.08 Å². The summed E-state index contributed by atoms with van der Waals surface area (Å²) >= 11 is 6.60. The Labute approximate surface area is 173 Å². The first-order chi connectivity index (χ1) is 13.6. The lowest BCUT2D eigenvalue weighted by Gasteiger charge is -2.13. The summed E-state index contributed by atoms with van der Waals surface area (Å²) in [6.07, 6.45) is 8.00. The van der Waals surface area contributed by atoms with E-state index in [0.29, 0.717) is 34.4 Å². The highest BCUT2D eigenvalue weighted by molar-refractivity contribution is 8.26. The lowest BCUT2D eigenvalue weighted by Crippen LogP contribution is -2.29. The zero-order valence-corrected chi connectivity index (χ0v) is 16.7. The number of pyridine rings is 1. The highest BCUT2D eigenvalue weighted by Gasteiger charge is 2.31. The number of amides is 2. The summed E-state index contributed by atoms with van der Waals surface area (Å²) in [5.74, 6) is 0.273. The molecule has 1 saturated heterocycles. The van der Waals surface area contributed by atoms with Gasteiger partial charge >= 0.3 is 0 Å². The van der Waals surface area contributed by atoms with Crippen LogP contribution in [-0.4, -0.2) is 32.6 Å². The van der Waals surface area contributed by atoms with Gasteiger partial charge in [0.1, 0.15) is 10.1 Å². The van der Waals surface area contributed by atoms with Gasteiger partial charge in [-0.1, -0.05) is 72.5 Å². The molecule has 1 N–H and O–H groups in total. The third-order valence-corrected chi connectivity index (χ3v) is 5.32. The SMILES string of the molecule is O=C(CCCN1C(=O)C(=CC=Cc2ccccc2)SC1=S)Nc1ccccn1. The first kappa shape index (κ1) is 20.0. The minimum atomic E-state index is -0.134. The van der Waals surface area contributed by atoms with Crippen molar-refractivity contribution in [3.05, 3.63) is 77.3 Å². The fraction of sp³-hybridized carbons (Fsp3) is 0.143. The Morgan fingerprint density at radius 2 is 1.96 bits per heavy atom. The minimum absolute atomic E-state index is 0.113. The van der Waals surface area contributed by atoms with Crippen LogP contribution in [0, 0.1) is 0 Å². The van der Waals surface area contributed by atoms with Crippen LogP contribution >= 0.6 is 24.0 Å². The zero-order valence-electron chi connectivity index (χ0n) is 15.1. The molecule has 0 spiro atoms. The molecule has 7 heteroatoms. The van der Waals surface area contributed by atoms with E-state index in [1.54, 1.807) is 35.4 Å². The number of allylic oxidation sites excluding steroid dienone is 2. The first-order valence-corrected chi connectivity index (χ1v) is 10.0. The van der Waals surface area contributed by atoms with Crippen molar-refractivity contribution < 1.29 is 9.59 Å². The summed E-state index contributed by atoms with van der Waals surface area (Å²) in [5.41, 5.74) is 1.06. The van der Waals surface area contributed by atoms with E-state index in [4.69, 9.17) is 12.2 Å². The number of anilines is 1. The van der Waals surface area contributed by atoms with Crippen LogP contribution in [0.5, 0.6) is 0 Å². The molecule has 0 unspecified atom stereocenters. The van der Waals surface area contributed by atoms with Crippen molar-refractivity contribution in [2.24, 2.45) is 0 Å². The molecule has 1 aliphatic rings. The molecule has 2 heterocycles. The molecule has 1 aromatic carbocycles. The van der Waals surface area contributed by atoms with E-state index < -0.39 is 0 Å². The van der Waals surface area contributed by atoms with Gasteiger partial charge in [-0.05, 0) is 30.2 Å². The molecule has 0 saturated carbocycles. The molecule has 0 radical (unpaired) electrons. The quantitative estimate of drug-likeness (QED) is 0.547. The summed E-state index contributed by atoms with van der Waals surface area (Å²) in [6, 6.07) is 15.2. The van der Waals surface area contributed by atoms with Crippen molar-refractivity contribution in [2.75, 3.05) is 11.9 Å². The Morgan fingerprint density at radius 3 is 2.71 bits per heavy atom. The number of rotatable bonds is 7. The molecule has 5 nitrogen and oxygen atoms in total. The zero-order chi connectivity index (χ0) is 19.8. The average molecular weight is 410 g/mol. The highest BCUT2D eigenvalue weighted by atomic mass is 32.2. The van der Waals surface area contributed by atoms with Crippen LogP contribution in [0.15, 0.2) is 71.8 Å². The Kier molecular flexibility index (Phi) is 7.11. The van der Waals surface area contributed by atoms with Gasteiger partial charge in [0.05, 0.1) is 4.91 Å². The normalized spacial score (nSPS) is 15.6. The van der Waals surface area contributed by atoms with Gasteiger partial charge in [0, 0.05) is 19.2 Å². The van der Waals surface area contributed by atoms with Gasteiger partial charge in [-0.3, -0.25) is 14.5 Å². The molecule has 1 aromatic heterocycles. The number of aromatic nitrogens is 1. The van der Waals surface area contributed by atoms with E-state index in [0.717, 1.165) is 5.56 Å². The van der Waals surface area contributed by atoms with Gasteiger partial charge < -0.3 is 5.32 Å². The molecule has 1 fully saturated rings. The van der Waals surface area contributed by atoms with Gasteiger partial charge in [0.25, 0.3) is 5.91 Å². The van der Waals surface area contributed by atoms with Gasteiger partial charge in [0.2, 0.25) is 5.91 Å². The van der Waals surface area contributed by atoms with Crippen LogP contribution in [0.1, 0.15) is 18.4 Å². The highest BCUT2D eigenvalue weighted by Crippen LogP contribution is 2.31. The van der Waals surface area contributed by atoms with Crippen molar-refractivity contribution >= 4 is 52.0 Å². The van der Waals surface area contributed by atoms with E-state index in [1.807, 2.05) is 42.5 Å². The Balaban J connectivity index is 1.49. The molecule has 0 atom stereocenters. The van der Waals surface area contributed by atoms with E-state index in [2.05, 4.69) is 10.3 Å². The van der Waals surface area contributed by atoms with Crippen molar-refractivity contribution in [1.29, 1.82) is 0 Å². The monoisotopic (exact) mass is 409 g/mol. The standard InChI is InChI=1S/C21H19N3O2S2/c25-19(23-18-12-4-5-14-22-18)13-7-15-24-20(26)17(28-21(24)27)11-6-10-16-8-2-1-3-9-16/h1-6,8-12,14H,7,13,15H2,(H,22,23,25). The second-order valence-electron chi connectivity index (χ2n) is 5.99. The van der Waals surface area contributed by atoms with E-state index in [-0.39, 0.29) is 11.8 Å². The van der Waals surface area contributed by atoms with Crippen LogP contribution < -0.4 is 5.32 Å². The average Bonchev–Trinajstić information content (AvgIpc) is 2.97. The molecular weight excluding hydrogens is 390 g/mol. The van der Waals surface area contributed by atoms with Crippen molar-refractivity contribution in [3.8, 4) is 0 Å². The van der Waals surface area contributed by atoms with Crippen LogP contribution in [0.2, 0.25) is 0 Å². The molecule has 28 heavy (non-hydrogen) atoms. The summed E-state index contributed by atoms with van der Waals surface area (Å²) < 4.78 is 0.523. The Bertz CT molecular complexity index is 912. The molecule has 2 aromatic rings. The lowest BCUT2D eigenvalue weighted by molar-refractivity contribution is -0.122. The number of thiocarbonyl (C=S) groups is 1. The third-order valence-electron chi connectivity index (χ3n) is 3.93. The maximum atomic E-state index is 12.5. The maximum Gasteiger partial charge on any atom is 0.266 e. The smallest absolute Gasteiger partial charge is 0.266 e. The topological polar surface area (TPSA) is 62.3 Å². The fourth-order valence-corrected chi connectivity index (χ4v) is 3.82. The van der Waals surface area contributed by atoms with Crippen molar-refractivity contribution in [3.63, 3.8) is 0 Å². The fourth-order valence-electron chi connectivity index (χ4n) is 2.56. The number of carbonyl (C=O) groups is 2. The number of benzene rings is 1. The maximum absolute atomic E-state index is 12.5. The first-order valence-electron chi connectivity index (χ1n) is 8.81. The molecule has 2 amide bonds. The molecule has 142 valence electrons. The predicted molar refractivity (Wildman–Crippen MR) is 118 cm³/mol. The van der Waals surface area contributed by atoms with Crippen molar-refractivity contribution in [2.45, 2.75) is 12.8 Å². The second kappa shape index (κ2) is 9.96. The lowest BCUT2D eigenvalue weighted by atomic mass is 10.2. The van der Waals surface area contributed by atoms with Crippen LogP contribution in [0.3, 0.4) is 0 Å². The summed E-state index contributed by atoms with van der Waals surface area (Å²) in [4.78, 5) is 30.7. The molecule has 1 aliphatic heterocycles. The molecule has 0 aliphatic carbocycles. The third kappa shape index (κ3) is 5.61. The number of hydrogen-bond donors (Lipinski definition) is 1. The summed E-state index contributed by atoms with van der Waals surface area (Å²) in [6.45, 7) is 0.417. The van der Waals surface area contributed by atoms with E-state index in [1.165, 1.54) is 11.8 Å². The van der Waals surface area contributed by atoms with Crippen LogP contribution in [0.4, 0.5) is 5.82 Å². The Hall–Kier alpha value is -2.77. The number of carbonyl (C=O) groups excluding carboxylic acids is 2. The molecule has 0 bridgehead atoms. The minimum Gasteiger partial charge on any atom is -0.311 e. The number of nitrogens with zero attached hydrogens (tertiary/aromatic N) is 2. The van der Waals surface area contributed by atoms with Crippen LogP contribution in [-0.2, 0) is 9.59 Å².